The second kappa shape index (κ2) is 15.9. The van der Waals surface area contributed by atoms with Gasteiger partial charge in [-0.2, -0.15) is 8.42 Å². The molecule has 0 fully saturated rings. The molecule has 1 rings (SSSR count). The lowest BCUT2D eigenvalue weighted by Crippen LogP contribution is -2.10. The minimum Gasteiger partial charge on any atom is -0.282 e. The highest BCUT2D eigenvalue weighted by atomic mass is 32.2. The molecule has 186 valence electrons. The number of hydrogen-bond acceptors (Lipinski definition) is 2. The predicted molar refractivity (Wildman–Crippen MR) is 138 cm³/mol. The summed E-state index contributed by atoms with van der Waals surface area (Å²) < 4.78 is 33.4. The van der Waals surface area contributed by atoms with Crippen molar-refractivity contribution in [1.29, 1.82) is 0 Å². The van der Waals surface area contributed by atoms with Crippen molar-refractivity contribution in [2.45, 2.75) is 149 Å². The molecule has 0 heterocycles. The molecule has 0 aliphatic rings. The Kier molecular flexibility index (Phi) is 14.5. The van der Waals surface area contributed by atoms with Crippen molar-refractivity contribution in [2.75, 3.05) is 0 Å². The van der Waals surface area contributed by atoms with Gasteiger partial charge in [-0.1, -0.05) is 103 Å². The lowest BCUT2D eigenvalue weighted by molar-refractivity contribution is 0.481. The zero-order valence-corrected chi connectivity index (χ0v) is 22.5. The number of hydrogen-bond donors (Lipinski definition) is 1. The molecule has 0 saturated heterocycles. The largest absolute Gasteiger partial charge is 0.295 e. The SMILES string of the molecule is CCCCCCCCCCCCCCCCCCc1c(C)c(C)c(C)c(S(=O)(=O)O)c1C. The summed E-state index contributed by atoms with van der Waals surface area (Å²) in [6, 6.07) is 0. The molecule has 0 saturated carbocycles. The highest BCUT2D eigenvalue weighted by Gasteiger charge is 2.22. The molecule has 1 aromatic carbocycles. The maximum Gasteiger partial charge on any atom is 0.295 e. The fourth-order valence-electron chi connectivity index (χ4n) is 4.99. The van der Waals surface area contributed by atoms with Crippen LogP contribution in [0.5, 0.6) is 0 Å². The van der Waals surface area contributed by atoms with Gasteiger partial charge in [0.1, 0.15) is 4.90 Å². The van der Waals surface area contributed by atoms with Crippen LogP contribution in [0.3, 0.4) is 0 Å². The smallest absolute Gasteiger partial charge is 0.282 e. The van der Waals surface area contributed by atoms with Gasteiger partial charge >= 0.3 is 0 Å². The van der Waals surface area contributed by atoms with E-state index in [0.717, 1.165) is 29.5 Å². The molecule has 0 radical (unpaired) electrons. The average molecular weight is 467 g/mol. The normalized spacial score (nSPS) is 11.9. The molecule has 0 spiro atoms. The molecule has 0 aliphatic carbocycles. The van der Waals surface area contributed by atoms with Gasteiger partial charge in [-0.25, -0.2) is 0 Å². The summed E-state index contributed by atoms with van der Waals surface area (Å²) >= 11 is 0. The lowest BCUT2D eigenvalue weighted by atomic mass is 9.91. The Morgan fingerprint density at radius 2 is 0.906 bits per heavy atom. The van der Waals surface area contributed by atoms with Gasteiger partial charge in [-0.15, -0.1) is 0 Å². The van der Waals surface area contributed by atoms with Crippen molar-refractivity contribution in [3.05, 3.63) is 27.8 Å². The second-order valence-electron chi connectivity index (χ2n) is 9.84. The van der Waals surface area contributed by atoms with E-state index in [1.807, 2.05) is 13.8 Å². The van der Waals surface area contributed by atoms with E-state index in [0.29, 0.717) is 5.56 Å². The first kappa shape index (κ1) is 29.2. The maximum absolute atomic E-state index is 11.9. The van der Waals surface area contributed by atoms with Crippen LogP contribution in [0.15, 0.2) is 4.90 Å². The third-order valence-corrected chi connectivity index (χ3v) is 8.38. The Morgan fingerprint density at radius 1 is 0.531 bits per heavy atom. The minimum absolute atomic E-state index is 0.118. The average Bonchev–Trinajstić information content (AvgIpc) is 2.73. The molecular weight excluding hydrogens is 416 g/mol. The van der Waals surface area contributed by atoms with Gasteiger partial charge in [-0.05, 0) is 68.4 Å². The van der Waals surface area contributed by atoms with Gasteiger partial charge in [-0.3, -0.25) is 4.55 Å². The first-order valence-electron chi connectivity index (χ1n) is 13.3. The highest BCUT2D eigenvalue weighted by Crippen LogP contribution is 2.31. The summed E-state index contributed by atoms with van der Waals surface area (Å²) in [6.45, 7) is 9.93. The Hall–Kier alpha value is -0.870. The minimum atomic E-state index is -4.19. The molecule has 0 unspecified atom stereocenters. The molecule has 32 heavy (non-hydrogen) atoms. The topological polar surface area (TPSA) is 54.4 Å². The van der Waals surface area contributed by atoms with Crippen molar-refractivity contribution in [3.63, 3.8) is 0 Å². The first-order chi connectivity index (χ1) is 15.2. The van der Waals surface area contributed by atoms with E-state index in [9.17, 15) is 13.0 Å². The number of unbranched alkanes of at least 4 members (excludes halogenated alkanes) is 15. The van der Waals surface area contributed by atoms with E-state index in [2.05, 4.69) is 13.8 Å². The summed E-state index contributed by atoms with van der Waals surface area (Å²) in [5.41, 5.74) is 4.67. The molecule has 1 N–H and O–H groups in total. The molecule has 4 heteroatoms. The quantitative estimate of drug-likeness (QED) is 0.173. The van der Waals surface area contributed by atoms with E-state index in [-0.39, 0.29) is 4.90 Å². The van der Waals surface area contributed by atoms with Crippen molar-refractivity contribution in [1.82, 2.24) is 0 Å². The molecule has 0 amide bonds. The number of rotatable bonds is 18. The first-order valence-corrected chi connectivity index (χ1v) is 14.7. The molecule has 0 aliphatic heterocycles. The standard InChI is InChI=1S/C28H50O3S/c1-6-7-8-9-10-11-12-13-14-15-16-17-18-19-20-21-22-27-24(3)23(2)25(4)28(26(27)5)32(29,30)31/h6-22H2,1-5H3,(H,29,30,31). The van der Waals surface area contributed by atoms with Crippen LogP contribution in [0.25, 0.3) is 0 Å². The van der Waals surface area contributed by atoms with Crippen LogP contribution < -0.4 is 0 Å². The van der Waals surface area contributed by atoms with Gasteiger partial charge < -0.3 is 0 Å². The molecule has 0 atom stereocenters. The monoisotopic (exact) mass is 466 g/mol. The fourth-order valence-corrected chi connectivity index (χ4v) is 6.04. The zero-order valence-electron chi connectivity index (χ0n) is 21.7. The Balaban J connectivity index is 2.18. The predicted octanol–water partition coefficient (Wildman–Crippen LogP) is 8.97. The van der Waals surface area contributed by atoms with Crippen LogP contribution in [-0.2, 0) is 16.5 Å². The lowest BCUT2D eigenvalue weighted by Gasteiger charge is -2.19. The maximum atomic E-state index is 11.9. The molecule has 0 aromatic heterocycles. The zero-order chi connectivity index (χ0) is 24.0. The van der Waals surface area contributed by atoms with E-state index in [4.69, 9.17) is 0 Å². The van der Waals surface area contributed by atoms with Crippen molar-refractivity contribution in [2.24, 2.45) is 0 Å². The van der Waals surface area contributed by atoms with E-state index >= 15 is 0 Å². The molecular formula is C28H50O3S. The molecule has 3 nitrogen and oxygen atoms in total. The summed E-state index contributed by atoms with van der Waals surface area (Å²) in [5, 5.41) is 0. The number of benzene rings is 1. The van der Waals surface area contributed by atoms with E-state index in [1.54, 1.807) is 6.92 Å². The third-order valence-electron chi connectivity index (χ3n) is 7.25. The van der Waals surface area contributed by atoms with Gasteiger partial charge in [0.25, 0.3) is 10.1 Å². The van der Waals surface area contributed by atoms with E-state index in [1.165, 1.54) is 102 Å². The van der Waals surface area contributed by atoms with Crippen molar-refractivity contribution in [3.8, 4) is 0 Å². The van der Waals surface area contributed by atoms with Gasteiger partial charge in [0.2, 0.25) is 0 Å². The van der Waals surface area contributed by atoms with Gasteiger partial charge in [0, 0.05) is 0 Å². The summed E-state index contributed by atoms with van der Waals surface area (Å²) in [6.07, 6.45) is 22.5. The van der Waals surface area contributed by atoms with Crippen molar-refractivity contribution >= 4 is 10.1 Å². The van der Waals surface area contributed by atoms with Crippen LogP contribution in [-0.4, -0.2) is 13.0 Å². The van der Waals surface area contributed by atoms with Crippen LogP contribution >= 0.6 is 0 Å². The second-order valence-corrected chi connectivity index (χ2v) is 11.2. The van der Waals surface area contributed by atoms with Gasteiger partial charge in [0.05, 0.1) is 0 Å². The van der Waals surface area contributed by atoms with Crippen LogP contribution in [0.1, 0.15) is 137 Å². The van der Waals surface area contributed by atoms with Crippen molar-refractivity contribution < 1.29 is 13.0 Å². The van der Waals surface area contributed by atoms with Gasteiger partial charge in [0.15, 0.2) is 0 Å². The summed E-state index contributed by atoms with van der Waals surface area (Å²) in [7, 11) is -4.19. The fraction of sp³-hybridized carbons (Fsp3) is 0.786. The third kappa shape index (κ3) is 10.4. The Bertz CT molecular complexity index is 766. The Morgan fingerprint density at radius 3 is 1.28 bits per heavy atom. The molecule has 0 bridgehead atoms. The van der Waals surface area contributed by atoms with Crippen LogP contribution in [0.4, 0.5) is 0 Å². The van der Waals surface area contributed by atoms with E-state index < -0.39 is 10.1 Å². The summed E-state index contributed by atoms with van der Waals surface area (Å²) in [5.74, 6) is 0. The van der Waals surface area contributed by atoms with Crippen LogP contribution in [0.2, 0.25) is 0 Å². The molecule has 1 aromatic rings. The summed E-state index contributed by atoms with van der Waals surface area (Å²) in [4.78, 5) is 0.118. The van der Waals surface area contributed by atoms with Crippen LogP contribution in [0, 0.1) is 27.7 Å². The highest BCUT2D eigenvalue weighted by molar-refractivity contribution is 7.86. The Labute approximate surface area is 199 Å².